The van der Waals surface area contributed by atoms with E-state index in [0.29, 0.717) is 11.4 Å². The maximum atomic E-state index is 12.4. The van der Waals surface area contributed by atoms with Gasteiger partial charge in [0.2, 0.25) is 0 Å². The second-order valence-electron chi connectivity index (χ2n) is 8.28. The lowest BCUT2D eigenvalue weighted by atomic mass is 10.0. The maximum Gasteiger partial charge on any atom is 0.319 e. The summed E-state index contributed by atoms with van der Waals surface area (Å²) in [5, 5.41) is 21.4. The molecule has 9 heteroatoms. The molecule has 0 spiro atoms. The number of aromatic nitrogens is 4. The van der Waals surface area contributed by atoms with Crippen LogP contribution in [-0.4, -0.2) is 45.1 Å². The average Bonchev–Trinajstić information content (AvgIpc) is 3.29. The van der Waals surface area contributed by atoms with Crippen molar-refractivity contribution >= 4 is 34.0 Å². The van der Waals surface area contributed by atoms with Crippen LogP contribution in [0.2, 0.25) is 0 Å². The first-order valence-corrected chi connectivity index (χ1v) is 11.2. The fourth-order valence-corrected chi connectivity index (χ4v) is 4.36. The van der Waals surface area contributed by atoms with Crippen LogP contribution in [-0.2, 0) is 7.05 Å². The molecule has 2 aromatic heterocycles. The summed E-state index contributed by atoms with van der Waals surface area (Å²) >= 11 is 0. The van der Waals surface area contributed by atoms with Crippen molar-refractivity contribution in [3.63, 3.8) is 0 Å². The zero-order valence-electron chi connectivity index (χ0n) is 18.8. The molecule has 0 bridgehead atoms. The normalized spacial score (nSPS) is 14.1. The molecule has 1 fully saturated rings. The van der Waals surface area contributed by atoms with E-state index in [2.05, 4.69) is 47.8 Å². The van der Waals surface area contributed by atoms with E-state index in [1.54, 1.807) is 35.1 Å². The first kappa shape index (κ1) is 21.4. The molecule has 1 aliphatic heterocycles. The standard InChI is InChI=1S/C25H24N8O/c1-26-18-6-5-7-19(16-18)29-25(34)28-17-11-14-33(15-12-17)24-21-9-4-3-8-20(21)23(30-31-24)22-10-13-27-32(22)2/h3-10,13,16-17H,11-12,14-15H2,2H3,(H2,28,29,34). The molecule has 3 heterocycles. The minimum atomic E-state index is -0.258. The summed E-state index contributed by atoms with van der Waals surface area (Å²) in [6, 6.07) is 16.8. The van der Waals surface area contributed by atoms with E-state index in [-0.39, 0.29) is 12.1 Å². The number of piperidine rings is 1. The minimum absolute atomic E-state index is 0.0632. The summed E-state index contributed by atoms with van der Waals surface area (Å²) in [7, 11) is 1.90. The monoisotopic (exact) mass is 452 g/mol. The fourth-order valence-electron chi connectivity index (χ4n) is 4.36. The molecule has 0 radical (unpaired) electrons. The molecule has 1 aliphatic rings. The van der Waals surface area contributed by atoms with Crippen molar-refractivity contribution in [2.24, 2.45) is 7.05 Å². The molecule has 4 aromatic rings. The lowest BCUT2D eigenvalue weighted by Gasteiger charge is -2.33. The number of carbonyl (C=O) groups is 1. The minimum Gasteiger partial charge on any atom is -0.354 e. The summed E-state index contributed by atoms with van der Waals surface area (Å²) < 4.78 is 1.80. The quantitative estimate of drug-likeness (QED) is 0.449. The van der Waals surface area contributed by atoms with Gasteiger partial charge in [-0.15, -0.1) is 10.2 Å². The van der Waals surface area contributed by atoms with Crippen LogP contribution in [0.3, 0.4) is 0 Å². The van der Waals surface area contributed by atoms with Crippen LogP contribution in [0.25, 0.3) is 27.0 Å². The molecule has 2 aromatic carbocycles. The van der Waals surface area contributed by atoms with E-state index in [0.717, 1.165) is 53.9 Å². The van der Waals surface area contributed by atoms with Gasteiger partial charge in [0.1, 0.15) is 5.69 Å². The Hall–Kier alpha value is -4.45. The van der Waals surface area contributed by atoms with Gasteiger partial charge < -0.3 is 15.5 Å². The van der Waals surface area contributed by atoms with Gasteiger partial charge >= 0.3 is 6.03 Å². The highest BCUT2D eigenvalue weighted by atomic mass is 16.2. The highest BCUT2D eigenvalue weighted by Gasteiger charge is 2.24. The topological polar surface area (TPSA) is 92.3 Å². The third kappa shape index (κ3) is 4.26. The fraction of sp³-hybridized carbons (Fsp3) is 0.240. The molecule has 2 N–H and O–H groups in total. The van der Waals surface area contributed by atoms with E-state index in [9.17, 15) is 4.79 Å². The van der Waals surface area contributed by atoms with E-state index in [4.69, 9.17) is 6.57 Å². The number of rotatable bonds is 4. The van der Waals surface area contributed by atoms with Gasteiger partial charge in [-0.1, -0.05) is 36.4 Å². The van der Waals surface area contributed by atoms with Gasteiger partial charge in [-0.2, -0.15) is 5.10 Å². The van der Waals surface area contributed by atoms with Crippen molar-refractivity contribution in [3.8, 4) is 11.4 Å². The van der Waals surface area contributed by atoms with Crippen molar-refractivity contribution in [1.29, 1.82) is 0 Å². The Morgan fingerprint density at radius 1 is 1.06 bits per heavy atom. The number of fused-ring (bicyclic) bond motifs is 1. The number of carbonyl (C=O) groups excluding carboxylic acids is 1. The van der Waals surface area contributed by atoms with E-state index >= 15 is 0 Å². The second-order valence-corrected chi connectivity index (χ2v) is 8.28. The molecule has 0 unspecified atom stereocenters. The Kier molecular flexibility index (Phi) is 5.79. The summed E-state index contributed by atoms with van der Waals surface area (Å²) in [6.45, 7) is 8.64. The van der Waals surface area contributed by atoms with Crippen LogP contribution < -0.4 is 15.5 Å². The smallest absolute Gasteiger partial charge is 0.319 e. The second kappa shape index (κ2) is 9.19. The number of hydrogen-bond donors (Lipinski definition) is 2. The molecule has 5 rings (SSSR count). The zero-order chi connectivity index (χ0) is 23.5. The number of anilines is 2. The van der Waals surface area contributed by atoms with E-state index < -0.39 is 0 Å². The molecule has 9 nitrogen and oxygen atoms in total. The van der Waals surface area contributed by atoms with Gasteiger partial charge in [-0.25, -0.2) is 9.64 Å². The molecule has 34 heavy (non-hydrogen) atoms. The molecule has 1 saturated heterocycles. The van der Waals surface area contributed by atoms with E-state index in [1.807, 2.05) is 25.2 Å². The Balaban J connectivity index is 1.27. The Bertz CT molecular complexity index is 1380. The van der Waals surface area contributed by atoms with Crippen molar-refractivity contribution < 1.29 is 4.79 Å². The maximum absolute atomic E-state index is 12.4. The number of hydrogen-bond acceptors (Lipinski definition) is 5. The molecule has 0 aliphatic carbocycles. The van der Waals surface area contributed by atoms with Crippen LogP contribution in [0.5, 0.6) is 0 Å². The average molecular weight is 453 g/mol. The Labute approximate surface area is 197 Å². The number of aryl methyl sites for hydroxylation is 1. The SMILES string of the molecule is [C-]#[N+]c1cccc(NC(=O)NC2CCN(c3nnc(-c4ccnn4C)c4ccccc34)CC2)c1. The highest BCUT2D eigenvalue weighted by Crippen LogP contribution is 2.32. The predicted octanol–water partition coefficient (Wildman–Crippen LogP) is 4.37. The molecular formula is C25H24N8O. The summed E-state index contributed by atoms with van der Waals surface area (Å²) in [4.78, 5) is 18.1. The molecule has 0 atom stereocenters. The van der Waals surface area contributed by atoms with Crippen molar-refractivity contribution in [1.82, 2.24) is 25.3 Å². The summed E-state index contributed by atoms with van der Waals surface area (Å²) in [5.41, 5.74) is 2.84. The summed E-state index contributed by atoms with van der Waals surface area (Å²) in [6.07, 6.45) is 3.36. The molecule has 170 valence electrons. The number of nitrogens with zero attached hydrogens (tertiary/aromatic N) is 6. The van der Waals surface area contributed by atoms with Gasteiger partial charge in [0, 0.05) is 48.8 Å². The lowest BCUT2D eigenvalue weighted by molar-refractivity contribution is 0.246. The lowest BCUT2D eigenvalue weighted by Crippen LogP contribution is -2.46. The number of urea groups is 1. The highest BCUT2D eigenvalue weighted by molar-refractivity contribution is 5.99. The van der Waals surface area contributed by atoms with Crippen LogP contribution >= 0.6 is 0 Å². The van der Waals surface area contributed by atoms with Gasteiger partial charge in [-0.05, 0) is 31.0 Å². The van der Waals surface area contributed by atoms with Gasteiger partial charge in [-0.3, -0.25) is 4.68 Å². The van der Waals surface area contributed by atoms with Gasteiger partial charge in [0.25, 0.3) is 0 Å². The largest absolute Gasteiger partial charge is 0.354 e. The third-order valence-electron chi connectivity index (χ3n) is 6.09. The molecular weight excluding hydrogens is 428 g/mol. The van der Waals surface area contributed by atoms with Gasteiger partial charge in [0.05, 0.1) is 12.3 Å². The molecule has 0 saturated carbocycles. The van der Waals surface area contributed by atoms with Crippen molar-refractivity contribution in [2.45, 2.75) is 18.9 Å². The van der Waals surface area contributed by atoms with Crippen LogP contribution in [0, 0.1) is 6.57 Å². The first-order valence-electron chi connectivity index (χ1n) is 11.2. The Morgan fingerprint density at radius 3 is 2.59 bits per heavy atom. The van der Waals surface area contributed by atoms with Crippen LogP contribution in [0.1, 0.15) is 12.8 Å². The summed E-state index contributed by atoms with van der Waals surface area (Å²) in [5.74, 6) is 0.861. The van der Waals surface area contributed by atoms with Crippen molar-refractivity contribution in [2.75, 3.05) is 23.3 Å². The van der Waals surface area contributed by atoms with E-state index in [1.165, 1.54) is 0 Å². The number of amides is 2. The van der Waals surface area contributed by atoms with Gasteiger partial charge in [0.15, 0.2) is 11.5 Å². The predicted molar refractivity (Wildman–Crippen MR) is 132 cm³/mol. The Morgan fingerprint density at radius 2 is 1.85 bits per heavy atom. The van der Waals surface area contributed by atoms with Crippen LogP contribution in [0.15, 0.2) is 60.8 Å². The zero-order valence-corrected chi connectivity index (χ0v) is 18.8. The number of benzene rings is 2. The first-order chi connectivity index (χ1) is 16.6. The van der Waals surface area contributed by atoms with Crippen molar-refractivity contribution in [3.05, 3.63) is 72.2 Å². The van der Waals surface area contributed by atoms with Crippen LogP contribution in [0.4, 0.5) is 22.0 Å². The third-order valence-corrected chi connectivity index (χ3v) is 6.09. The number of nitrogens with one attached hydrogen (secondary N) is 2. The molecule has 2 amide bonds.